The fraction of sp³-hybridized carbons (Fsp3) is 0.417. The molecule has 98 valence electrons. The zero-order valence-electron chi connectivity index (χ0n) is 10.1. The summed E-state index contributed by atoms with van der Waals surface area (Å²) in [7, 11) is 0. The molecule has 0 aliphatic carbocycles. The van der Waals surface area contributed by atoms with E-state index in [0.29, 0.717) is 18.1 Å². The average Bonchev–Trinajstić information content (AvgIpc) is 2.86. The predicted octanol–water partition coefficient (Wildman–Crippen LogP) is 1.32. The second-order valence-electron chi connectivity index (χ2n) is 4.05. The van der Waals surface area contributed by atoms with Gasteiger partial charge in [0.25, 0.3) is 5.91 Å². The molecule has 0 spiro atoms. The van der Waals surface area contributed by atoms with Gasteiger partial charge in [0.15, 0.2) is 0 Å². The highest BCUT2D eigenvalue weighted by atomic mass is 35.5. The van der Waals surface area contributed by atoms with Crippen molar-refractivity contribution in [1.29, 1.82) is 0 Å². The molecule has 2 atom stereocenters. The highest BCUT2D eigenvalue weighted by Gasteiger charge is 2.31. The predicted molar refractivity (Wildman–Crippen MR) is 68.6 cm³/mol. The van der Waals surface area contributed by atoms with Crippen LogP contribution in [-0.4, -0.2) is 18.6 Å². The van der Waals surface area contributed by atoms with Gasteiger partial charge in [0.1, 0.15) is 6.04 Å². The van der Waals surface area contributed by atoms with Crippen LogP contribution < -0.4 is 16.3 Å². The molecule has 1 saturated heterocycles. The quantitative estimate of drug-likeness (QED) is 0.722. The number of halogens is 1. The van der Waals surface area contributed by atoms with E-state index in [9.17, 15) is 4.79 Å². The Hall–Kier alpha value is -1.14. The van der Waals surface area contributed by atoms with Crippen molar-refractivity contribution in [2.45, 2.75) is 25.4 Å². The minimum Gasteiger partial charge on any atom is -0.274 e. The summed E-state index contributed by atoms with van der Waals surface area (Å²) in [6, 6.07) is 7.30. The number of rotatable bonds is 4. The van der Waals surface area contributed by atoms with Gasteiger partial charge in [-0.1, -0.05) is 29.8 Å². The van der Waals surface area contributed by atoms with Crippen LogP contribution in [0.3, 0.4) is 0 Å². The second-order valence-corrected chi connectivity index (χ2v) is 4.46. The maximum atomic E-state index is 11.7. The van der Waals surface area contributed by atoms with Crippen LogP contribution in [0, 0.1) is 0 Å². The lowest BCUT2D eigenvalue weighted by Gasteiger charge is -2.11. The lowest BCUT2D eigenvalue weighted by molar-refractivity contribution is -0.135. The molecule has 1 aromatic carbocycles. The Bertz CT molecular complexity index is 428. The summed E-state index contributed by atoms with van der Waals surface area (Å²) < 4.78 is 0. The van der Waals surface area contributed by atoms with Gasteiger partial charge in [-0.15, -0.1) is 0 Å². The van der Waals surface area contributed by atoms with Gasteiger partial charge in [-0.25, -0.2) is 16.3 Å². The van der Waals surface area contributed by atoms with Crippen molar-refractivity contribution in [3.05, 3.63) is 34.9 Å². The highest BCUT2D eigenvalue weighted by Crippen LogP contribution is 2.28. The van der Waals surface area contributed by atoms with E-state index in [1.54, 1.807) is 0 Å². The van der Waals surface area contributed by atoms with Crippen molar-refractivity contribution in [1.82, 2.24) is 16.3 Å². The van der Waals surface area contributed by atoms with Crippen molar-refractivity contribution in [3.8, 4) is 0 Å². The highest BCUT2D eigenvalue weighted by molar-refractivity contribution is 6.31. The van der Waals surface area contributed by atoms with E-state index in [1.165, 1.54) is 0 Å². The zero-order valence-corrected chi connectivity index (χ0v) is 10.8. The van der Waals surface area contributed by atoms with Crippen LogP contribution in [0.5, 0.6) is 0 Å². The Balaban J connectivity index is 1.96. The van der Waals surface area contributed by atoms with Crippen molar-refractivity contribution in [2.75, 3.05) is 6.61 Å². The van der Waals surface area contributed by atoms with Crippen LogP contribution in [0.15, 0.2) is 24.3 Å². The molecule has 1 aromatic rings. The molecule has 6 heteroatoms. The lowest BCUT2D eigenvalue weighted by Crippen LogP contribution is -2.43. The zero-order chi connectivity index (χ0) is 13.0. The van der Waals surface area contributed by atoms with Crippen LogP contribution in [0.2, 0.25) is 5.02 Å². The van der Waals surface area contributed by atoms with E-state index in [0.717, 1.165) is 5.56 Å². The van der Waals surface area contributed by atoms with Gasteiger partial charge < -0.3 is 0 Å². The van der Waals surface area contributed by atoms with E-state index in [4.69, 9.17) is 16.4 Å². The molecule has 0 bridgehead atoms. The van der Waals surface area contributed by atoms with Gasteiger partial charge in [0, 0.05) is 11.1 Å². The minimum atomic E-state index is -0.321. The molecule has 1 heterocycles. The Kier molecular flexibility index (Phi) is 4.54. The standard InChI is InChI=1S/C12H16ClN3O2/c1-2-18-16-12(17)11-7-10(14-15-11)8-5-3-4-6-9(8)13/h3-6,10-11,14-15H,2,7H2,1H3,(H,16,17). The largest absolute Gasteiger partial charge is 0.274 e. The first-order valence-electron chi connectivity index (χ1n) is 5.89. The van der Waals surface area contributed by atoms with E-state index >= 15 is 0 Å². The number of hydrogen-bond acceptors (Lipinski definition) is 4. The third-order valence-electron chi connectivity index (χ3n) is 2.82. The maximum absolute atomic E-state index is 11.7. The molecule has 0 radical (unpaired) electrons. The molecule has 0 aromatic heterocycles. The van der Waals surface area contributed by atoms with Crippen molar-refractivity contribution in [3.63, 3.8) is 0 Å². The summed E-state index contributed by atoms with van der Waals surface area (Å²) in [5.74, 6) is -0.182. The van der Waals surface area contributed by atoms with Gasteiger partial charge in [0.05, 0.1) is 6.61 Å². The molecule has 3 N–H and O–H groups in total. The SMILES string of the molecule is CCONC(=O)C1CC(c2ccccc2Cl)NN1. The first-order chi connectivity index (χ1) is 8.72. The van der Waals surface area contributed by atoms with Crippen molar-refractivity contribution >= 4 is 17.5 Å². The molecule has 5 nitrogen and oxygen atoms in total. The Morgan fingerprint density at radius 1 is 1.50 bits per heavy atom. The van der Waals surface area contributed by atoms with Crippen LogP contribution in [0.25, 0.3) is 0 Å². The number of hydroxylamine groups is 1. The van der Waals surface area contributed by atoms with Crippen LogP contribution in [-0.2, 0) is 9.63 Å². The molecular formula is C12H16ClN3O2. The van der Waals surface area contributed by atoms with E-state index in [-0.39, 0.29) is 18.0 Å². The van der Waals surface area contributed by atoms with Gasteiger partial charge in [-0.3, -0.25) is 9.63 Å². The average molecular weight is 270 g/mol. The van der Waals surface area contributed by atoms with Crippen LogP contribution >= 0.6 is 11.6 Å². The summed E-state index contributed by atoms with van der Waals surface area (Å²) in [4.78, 5) is 16.6. The third-order valence-corrected chi connectivity index (χ3v) is 3.16. The van der Waals surface area contributed by atoms with Gasteiger partial charge in [-0.2, -0.15) is 0 Å². The topological polar surface area (TPSA) is 62.4 Å². The van der Waals surface area contributed by atoms with Crippen molar-refractivity contribution < 1.29 is 9.63 Å². The molecule has 1 amide bonds. The molecule has 1 aliphatic rings. The van der Waals surface area contributed by atoms with Crippen LogP contribution in [0.4, 0.5) is 0 Å². The summed E-state index contributed by atoms with van der Waals surface area (Å²) in [5.41, 5.74) is 9.38. The normalized spacial score (nSPS) is 23.0. The van der Waals surface area contributed by atoms with E-state index < -0.39 is 0 Å². The minimum absolute atomic E-state index is 0.0241. The first-order valence-corrected chi connectivity index (χ1v) is 6.27. The summed E-state index contributed by atoms with van der Waals surface area (Å²) in [6.07, 6.45) is 0.628. The first kappa shape index (κ1) is 13.3. The maximum Gasteiger partial charge on any atom is 0.262 e. The van der Waals surface area contributed by atoms with Gasteiger partial charge in [-0.05, 0) is 25.0 Å². The monoisotopic (exact) mass is 269 g/mol. The van der Waals surface area contributed by atoms with E-state index in [1.807, 2.05) is 31.2 Å². The smallest absolute Gasteiger partial charge is 0.262 e. The fourth-order valence-electron chi connectivity index (χ4n) is 1.90. The molecular weight excluding hydrogens is 254 g/mol. The summed E-state index contributed by atoms with van der Waals surface area (Å²) >= 11 is 6.12. The number of nitrogens with one attached hydrogen (secondary N) is 3. The molecule has 2 rings (SSSR count). The Morgan fingerprint density at radius 2 is 2.28 bits per heavy atom. The van der Waals surface area contributed by atoms with E-state index in [2.05, 4.69) is 16.3 Å². The lowest BCUT2D eigenvalue weighted by atomic mass is 10.0. The summed E-state index contributed by atoms with van der Waals surface area (Å²) in [5, 5.41) is 0.697. The molecule has 2 unspecified atom stereocenters. The van der Waals surface area contributed by atoms with Crippen LogP contribution in [0.1, 0.15) is 24.9 Å². The molecule has 18 heavy (non-hydrogen) atoms. The Labute approximate surface area is 111 Å². The van der Waals surface area contributed by atoms with Gasteiger partial charge >= 0.3 is 0 Å². The molecule has 1 aliphatic heterocycles. The summed E-state index contributed by atoms with van der Waals surface area (Å²) in [6.45, 7) is 2.26. The van der Waals surface area contributed by atoms with Crippen molar-refractivity contribution in [2.24, 2.45) is 0 Å². The number of amides is 1. The number of benzene rings is 1. The number of hydrogen-bond donors (Lipinski definition) is 3. The number of hydrazine groups is 1. The number of carbonyl (C=O) groups is 1. The fourth-order valence-corrected chi connectivity index (χ4v) is 2.17. The Morgan fingerprint density at radius 3 is 3.00 bits per heavy atom. The third kappa shape index (κ3) is 3.00. The molecule has 1 fully saturated rings. The van der Waals surface area contributed by atoms with Gasteiger partial charge in [0.2, 0.25) is 0 Å². The molecule has 0 saturated carbocycles. The number of carbonyl (C=O) groups excluding carboxylic acids is 1. The second kappa shape index (κ2) is 6.15.